The lowest BCUT2D eigenvalue weighted by atomic mass is 10.00. The predicted molar refractivity (Wildman–Crippen MR) is 141 cm³/mol. The van der Waals surface area contributed by atoms with Crippen LogP contribution in [0.2, 0.25) is 0 Å². The predicted octanol–water partition coefficient (Wildman–Crippen LogP) is 2.63. The maximum Gasteiger partial charge on any atom is 0.320 e. The number of urea groups is 1. The number of benzene rings is 1. The van der Waals surface area contributed by atoms with E-state index in [0.29, 0.717) is 54.0 Å². The summed E-state index contributed by atoms with van der Waals surface area (Å²) in [6.07, 6.45) is 4.60. The average molecular weight is 528 g/mol. The number of likely N-dealkylation sites (tertiary alicyclic amines) is 1. The monoisotopic (exact) mass is 527 g/mol. The molecule has 2 N–H and O–H groups in total. The van der Waals surface area contributed by atoms with Crippen molar-refractivity contribution in [2.24, 2.45) is 5.73 Å². The van der Waals surface area contributed by atoms with Gasteiger partial charge in [0.1, 0.15) is 17.2 Å². The second kappa shape index (κ2) is 8.84. The lowest BCUT2D eigenvalue weighted by Gasteiger charge is -2.34. The van der Waals surface area contributed by atoms with E-state index in [-0.39, 0.29) is 53.4 Å². The maximum absolute atomic E-state index is 15.0. The van der Waals surface area contributed by atoms with E-state index in [9.17, 15) is 14.4 Å². The first-order valence-electron chi connectivity index (χ1n) is 13.1. The van der Waals surface area contributed by atoms with E-state index in [1.54, 1.807) is 31.3 Å². The topological polar surface area (TPSA) is 119 Å². The number of amides is 2. The van der Waals surface area contributed by atoms with Gasteiger partial charge in [0, 0.05) is 49.4 Å². The SMILES string of the molecule is NC1CCN(C(=O)N2CCn3nc(C4=C(c5cnc6ccccn56)C(=O)CC4=O)c4cc(F)cc(c43)C2)CC1. The minimum absolute atomic E-state index is 0.0977. The molecule has 39 heavy (non-hydrogen) atoms. The second-order valence-corrected chi connectivity index (χ2v) is 10.4. The lowest BCUT2D eigenvalue weighted by molar-refractivity contribution is -0.119. The molecule has 1 fully saturated rings. The van der Waals surface area contributed by atoms with E-state index in [4.69, 9.17) is 10.8 Å². The van der Waals surface area contributed by atoms with Crippen LogP contribution in [0.3, 0.4) is 0 Å². The minimum Gasteiger partial charge on any atom is -0.328 e. The molecule has 198 valence electrons. The summed E-state index contributed by atoms with van der Waals surface area (Å²) in [7, 11) is 0. The maximum atomic E-state index is 15.0. The molecule has 1 aromatic carbocycles. The summed E-state index contributed by atoms with van der Waals surface area (Å²) in [5.41, 5.74) is 9.14. The van der Waals surface area contributed by atoms with E-state index in [1.165, 1.54) is 12.1 Å². The highest BCUT2D eigenvalue weighted by atomic mass is 19.1. The summed E-state index contributed by atoms with van der Waals surface area (Å²) in [5, 5.41) is 5.22. The molecule has 10 nitrogen and oxygen atoms in total. The third kappa shape index (κ3) is 3.75. The number of carbonyl (C=O) groups excluding carboxylic acids is 3. The fourth-order valence-corrected chi connectivity index (χ4v) is 6.03. The standard InChI is InChI=1S/C28H26FN7O3/c29-17-11-16-15-34(28(39)33-7-4-18(30)5-8-33)9-10-36-27(16)19(12-17)26(32-36)25-22(38)13-21(37)24(25)20-14-31-23-3-1-2-6-35(20)23/h1-3,6,11-12,14,18H,4-5,7-10,13,15,30H2. The number of hydrogen-bond donors (Lipinski definition) is 1. The highest BCUT2D eigenvalue weighted by Gasteiger charge is 2.37. The molecule has 0 atom stereocenters. The van der Waals surface area contributed by atoms with Gasteiger partial charge in [-0.2, -0.15) is 5.10 Å². The number of piperidine rings is 1. The first-order valence-corrected chi connectivity index (χ1v) is 13.1. The fraction of sp³-hybridized carbons (Fsp3) is 0.321. The number of aromatic nitrogens is 4. The third-order valence-electron chi connectivity index (χ3n) is 7.95. The molecule has 0 bridgehead atoms. The molecule has 0 radical (unpaired) electrons. The summed E-state index contributed by atoms with van der Waals surface area (Å²) in [6, 6.07) is 8.26. The van der Waals surface area contributed by atoms with Crippen molar-refractivity contribution in [2.75, 3.05) is 19.6 Å². The van der Waals surface area contributed by atoms with Gasteiger partial charge >= 0.3 is 6.03 Å². The molecule has 7 rings (SSSR count). The smallest absolute Gasteiger partial charge is 0.320 e. The van der Waals surface area contributed by atoms with Crippen LogP contribution >= 0.6 is 0 Å². The number of nitrogens with two attached hydrogens (primary N) is 1. The number of Topliss-reactive ketones (excluding diaryl/α,β-unsaturated/α-hetero) is 2. The molecular weight excluding hydrogens is 501 g/mol. The number of allylic oxidation sites excluding steroid dienone is 2. The number of pyridine rings is 1. The fourth-order valence-electron chi connectivity index (χ4n) is 6.03. The van der Waals surface area contributed by atoms with Crippen LogP contribution in [0.4, 0.5) is 9.18 Å². The molecular formula is C28H26FN7O3. The summed E-state index contributed by atoms with van der Waals surface area (Å²) in [5.74, 6) is -1.16. The van der Waals surface area contributed by atoms with Crippen LogP contribution in [0.1, 0.15) is 36.2 Å². The van der Waals surface area contributed by atoms with Gasteiger partial charge in [-0.15, -0.1) is 0 Å². The highest BCUT2D eigenvalue weighted by Crippen LogP contribution is 2.39. The van der Waals surface area contributed by atoms with Crippen molar-refractivity contribution < 1.29 is 18.8 Å². The van der Waals surface area contributed by atoms with Gasteiger partial charge in [0.05, 0.1) is 41.5 Å². The molecule has 2 amide bonds. The molecule has 4 aromatic rings. The quantitative estimate of drug-likeness (QED) is 0.401. The Bertz CT molecular complexity index is 1730. The first-order chi connectivity index (χ1) is 18.9. The van der Waals surface area contributed by atoms with Gasteiger partial charge < -0.3 is 15.5 Å². The van der Waals surface area contributed by atoms with E-state index in [1.807, 2.05) is 18.2 Å². The molecule has 0 spiro atoms. The number of ketones is 2. The van der Waals surface area contributed by atoms with Crippen molar-refractivity contribution in [3.05, 3.63) is 65.5 Å². The molecule has 1 aliphatic carbocycles. The molecule has 5 heterocycles. The molecule has 3 aliphatic rings. The summed E-state index contributed by atoms with van der Waals surface area (Å²) in [4.78, 5) is 47.6. The van der Waals surface area contributed by atoms with Crippen LogP contribution in [0.25, 0.3) is 27.7 Å². The van der Waals surface area contributed by atoms with Gasteiger partial charge in [0.25, 0.3) is 0 Å². The van der Waals surface area contributed by atoms with Crippen LogP contribution in [-0.4, -0.2) is 72.2 Å². The number of halogens is 1. The molecule has 3 aromatic heterocycles. The number of imidazole rings is 1. The van der Waals surface area contributed by atoms with Crippen molar-refractivity contribution in [3.63, 3.8) is 0 Å². The van der Waals surface area contributed by atoms with Crippen molar-refractivity contribution in [1.29, 1.82) is 0 Å². The van der Waals surface area contributed by atoms with Gasteiger partial charge in [-0.3, -0.25) is 18.7 Å². The number of fused-ring (bicyclic) bond motifs is 1. The van der Waals surface area contributed by atoms with E-state index >= 15 is 4.39 Å². The van der Waals surface area contributed by atoms with E-state index < -0.39 is 5.82 Å². The van der Waals surface area contributed by atoms with Gasteiger partial charge in [-0.1, -0.05) is 6.07 Å². The summed E-state index contributed by atoms with van der Waals surface area (Å²) >= 11 is 0. The Hall–Kier alpha value is -4.38. The van der Waals surface area contributed by atoms with Gasteiger partial charge in [-0.25, -0.2) is 14.2 Å². The highest BCUT2D eigenvalue weighted by molar-refractivity contribution is 6.51. The van der Waals surface area contributed by atoms with Crippen LogP contribution < -0.4 is 5.73 Å². The Balaban J connectivity index is 1.34. The minimum atomic E-state index is -0.495. The Morgan fingerprint density at radius 2 is 1.79 bits per heavy atom. The van der Waals surface area contributed by atoms with Crippen LogP contribution in [-0.2, 0) is 22.7 Å². The zero-order chi connectivity index (χ0) is 26.8. The van der Waals surface area contributed by atoms with Crippen LogP contribution in [0.15, 0.2) is 42.7 Å². The second-order valence-electron chi connectivity index (χ2n) is 10.4. The van der Waals surface area contributed by atoms with Crippen molar-refractivity contribution in [2.45, 2.75) is 38.4 Å². The van der Waals surface area contributed by atoms with Crippen molar-refractivity contribution >= 4 is 45.3 Å². The normalized spacial score (nSPS) is 18.6. The van der Waals surface area contributed by atoms with Crippen LogP contribution in [0, 0.1) is 5.82 Å². The first kappa shape index (κ1) is 23.7. The average Bonchev–Trinajstić information content (AvgIpc) is 3.54. The Morgan fingerprint density at radius 3 is 2.62 bits per heavy atom. The van der Waals surface area contributed by atoms with Crippen molar-refractivity contribution in [3.8, 4) is 0 Å². The molecule has 11 heteroatoms. The van der Waals surface area contributed by atoms with Gasteiger partial charge in [-0.05, 0) is 37.1 Å². The molecule has 0 unspecified atom stereocenters. The van der Waals surface area contributed by atoms with Gasteiger partial charge in [0.15, 0.2) is 11.6 Å². The lowest BCUT2D eigenvalue weighted by Crippen LogP contribution is -2.49. The summed E-state index contributed by atoms with van der Waals surface area (Å²) < 4.78 is 18.5. The Labute approximate surface area is 222 Å². The Morgan fingerprint density at radius 1 is 1.00 bits per heavy atom. The van der Waals surface area contributed by atoms with Crippen molar-refractivity contribution in [1.82, 2.24) is 29.0 Å². The number of hydrogen-bond acceptors (Lipinski definition) is 6. The van der Waals surface area contributed by atoms with Crippen LogP contribution in [0.5, 0.6) is 0 Å². The third-order valence-corrected chi connectivity index (χ3v) is 7.95. The number of carbonyl (C=O) groups is 3. The van der Waals surface area contributed by atoms with E-state index in [0.717, 1.165) is 12.8 Å². The Kier molecular flexibility index (Phi) is 5.37. The largest absolute Gasteiger partial charge is 0.328 e. The number of rotatable bonds is 2. The molecule has 2 aliphatic heterocycles. The molecule has 0 saturated carbocycles. The van der Waals surface area contributed by atoms with Gasteiger partial charge in [0.2, 0.25) is 0 Å². The zero-order valence-corrected chi connectivity index (χ0v) is 21.1. The van der Waals surface area contributed by atoms with E-state index in [2.05, 4.69) is 4.98 Å². The number of nitrogens with zero attached hydrogens (tertiary/aromatic N) is 6. The summed E-state index contributed by atoms with van der Waals surface area (Å²) in [6.45, 7) is 2.15. The molecule has 1 saturated heterocycles. The zero-order valence-electron chi connectivity index (χ0n) is 21.1.